The second-order valence-electron chi connectivity index (χ2n) is 5.49. The summed E-state index contributed by atoms with van der Waals surface area (Å²) < 4.78 is 23.8. The van der Waals surface area contributed by atoms with Crippen LogP contribution >= 0.6 is 0 Å². The quantitative estimate of drug-likeness (QED) is 0.333. The summed E-state index contributed by atoms with van der Waals surface area (Å²) >= 11 is 0. The first-order valence-corrected chi connectivity index (χ1v) is 7.41. The van der Waals surface area contributed by atoms with Crippen molar-refractivity contribution in [3.05, 3.63) is 36.4 Å². The van der Waals surface area contributed by atoms with Gasteiger partial charge in [-0.2, -0.15) is 0 Å². The standard InChI is InChI=1S/C17H28FNO3/c1-13(2)15(4)16(12-14(3)18)22-11-10-21-9-7-8-17(20)19(5)6/h12-13H,3-4,7-11H2,1-2,5-6H3/b16-12+. The van der Waals surface area contributed by atoms with E-state index in [1.807, 2.05) is 13.8 Å². The number of hydrogen-bond acceptors (Lipinski definition) is 3. The van der Waals surface area contributed by atoms with E-state index in [9.17, 15) is 9.18 Å². The lowest BCUT2D eigenvalue weighted by Gasteiger charge is -2.15. The Hall–Kier alpha value is -1.62. The number of ether oxygens (including phenoxy) is 2. The Bertz CT molecular complexity index is 414. The molecule has 0 fully saturated rings. The molecular formula is C17H28FNO3. The third kappa shape index (κ3) is 9.34. The molecule has 0 aliphatic rings. The number of halogens is 1. The minimum Gasteiger partial charge on any atom is -0.491 e. The highest BCUT2D eigenvalue weighted by Crippen LogP contribution is 2.20. The topological polar surface area (TPSA) is 38.8 Å². The fourth-order valence-corrected chi connectivity index (χ4v) is 1.52. The van der Waals surface area contributed by atoms with Crippen LogP contribution in [0.15, 0.2) is 36.4 Å². The summed E-state index contributed by atoms with van der Waals surface area (Å²) in [4.78, 5) is 12.9. The van der Waals surface area contributed by atoms with Gasteiger partial charge in [-0.1, -0.05) is 27.0 Å². The lowest BCUT2D eigenvalue weighted by Crippen LogP contribution is -2.21. The van der Waals surface area contributed by atoms with Gasteiger partial charge in [0.1, 0.15) is 18.2 Å². The molecule has 0 saturated carbocycles. The van der Waals surface area contributed by atoms with Crippen molar-refractivity contribution in [1.29, 1.82) is 0 Å². The summed E-state index contributed by atoms with van der Waals surface area (Å²) in [5.74, 6) is 0.0668. The zero-order chi connectivity index (χ0) is 17.1. The largest absolute Gasteiger partial charge is 0.491 e. The summed E-state index contributed by atoms with van der Waals surface area (Å²) in [5.41, 5.74) is 0.718. The van der Waals surface area contributed by atoms with E-state index in [1.54, 1.807) is 19.0 Å². The molecule has 0 unspecified atom stereocenters. The van der Waals surface area contributed by atoms with Gasteiger partial charge in [0.2, 0.25) is 5.91 Å². The van der Waals surface area contributed by atoms with E-state index in [1.165, 1.54) is 6.08 Å². The van der Waals surface area contributed by atoms with Crippen LogP contribution < -0.4 is 0 Å². The van der Waals surface area contributed by atoms with Gasteiger partial charge in [-0.25, -0.2) is 4.39 Å². The van der Waals surface area contributed by atoms with E-state index in [0.717, 1.165) is 5.57 Å². The predicted molar refractivity (Wildman–Crippen MR) is 87.0 cm³/mol. The number of carbonyl (C=O) groups is 1. The first-order valence-electron chi connectivity index (χ1n) is 7.41. The first kappa shape index (κ1) is 20.4. The molecule has 0 aliphatic heterocycles. The molecule has 4 nitrogen and oxygen atoms in total. The van der Waals surface area contributed by atoms with Crippen molar-refractivity contribution in [3.63, 3.8) is 0 Å². The van der Waals surface area contributed by atoms with Gasteiger partial charge in [-0.05, 0) is 17.9 Å². The van der Waals surface area contributed by atoms with E-state index < -0.39 is 5.83 Å². The lowest BCUT2D eigenvalue weighted by atomic mass is 10.0. The van der Waals surface area contributed by atoms with E-state index in [0.29, 0.717) is 38.4 Å². The van der Waals surface area contributed by atoms with Crippen molar-refractivity contribution in [3.8, 4) is 0 Å². The van der Waals surface area contributed by atoms with Crippen LogP contribution in [0.25, 0.3) is 0 Å². The normalized spacial score (nSPS) is 11.5. The fourth-order valence-electron chi connectivity index (χ4n) is 1.52. The average molecular weight is 313 g/mol. The van der Waals surface area contributed by atoms with E-state index in [2.05, 4.69) is 13.2 Å². The molecular weight excluding hydrogens is 285 g/mol. The Kier molecular flexibility index (Phi) is 10.2. The SMILES string of the molecule is C=C(F)/C=C(/OCCOCCCC(=O)N(C)C)C(=C)C(C)C. The summed E-state index contributed by atoms with van der Waals surface area (Å²) in [6.07, 6.45) is 2.36. The zero-order valence-electron chi connectivity index (χ0n) is 14.2. The van der Waals surface area contributed by atoms with Crippen LogP contribution in [-0.2, 0) is 14.3 Å². The molecule has 5 heteroatoms. The summed E-state index contributed by atoms with van der Waals surface area (Å²) in [6.45, 7) is 12.2. The Labute approximate surface area is 133 Å². The summed E-state index contributed by atoms with van der Waals surface area (Å²) in [6, 6.07) is 0. The maximum absolute atomic E-state index is 12.9. The van der Waals surface area contributed by atoms with Gasteiger partial charge >= 0.3 is 0 Å². The van der Waals surface area contributed by atoms with Crippen LogP contribution in [0.5, 0.6) is 0 Å². The molecule has 0 spiro atoms. The highest BCUT2D eigenvalue weighted by Gasteiger charge is 2.09. The Morgan fingerprint density at radius 2 is 1.86 bits per heavy atom. The van der Waals surface area contributed by atoms with Crippen molar-refractivity contribution in [2.24, 2.45) is 5.92 Å². The van der Waals surface area contributed by atoms with Crippen LogP contribution in [0.3, 0.4) is 0 Å². The van der Waals surface area contributed by atoms with Gasteiger partial charge in [0.05, 0.1) is 6.61 Å². The van der Waals surface area contributed by atoms with Gasteiger partial charge in [0, 0.05) is 33.2 Å². The molecule has 0 bridgehead atoms. The van der Waals surface area contributed by atoms with Crippen molar-refractivity contribution in [2.75, 3.05) is 33.9 Å². The Balaban J connectivity index is 3.98. The second-order valence-corrected chi connectivity index (χ2v) is 5.49. The Morgan fingerprint density at radius 3 is 2.36 bits per heavy atom. The number of rotatable bonds is 11. The van der Waals surface area contributed by atoms with E-state index in [4.69, 9.17) is 9.47 Å². The molecule has 0 aromatic carbocycles. The molecule has 1 amide bonds. The molecule has 0 aromatic rings. The van der Waals surface area contributed by atoms with Gasteiger partial charge in [0.25, 0.3) is 0 Å². The zero-order valence-corrected chi connectivity index (χ0v) is 14.2. The minimum absolute atomic E-state index is 0.0831. The van der Waals surface area contributed by atoms with Crippen LogP contribution in [0.1, 0.15) is 26.7 Å². The van der Waals surface area contributed by atoms with Gasteiger partial charge in [0.15, 0.2) is 0 Å². The molecule has 126 valence electrons. The molecule has 0 aliphatic carbocycles. The Morgan fingerprint density at radius 1 is 1.23 bits per heavy atom. The van der Waals surface area contributed by atoms with Crippen LogP contribution in [0.2, 0.25) is 0 Å². The molecule has 0 N–H and O–H groups in total. The molecule has 0 heterocycles. The third-order valence-electron chi connectivity index (χ3n) is 2.96. The van der Waals surface area contributed by atoms with Crippen molar-refractivity contribution < 1.29 is 18.7 Å². The number of amides is 1. The smallest absolute Gasteiger partial charge is 0.222 e. The molecule has 0 radical (unpaired) electrons. The maximum Gasteiger partial charge on any atom is 0.222 e. The van der Waals surface area contributed by atoms with Gasteiger partial charge < -0.3 is 14.4 Å². The number of hydrogen-bond donors (Lipinski definition) is 0. The van der Waals surface area contributed by atoms with Crippen LogP contribution in [0, 0.1) is 5.92 Å². The van der Waals surface area contributed by atoms with E-state index >= 15 is 0 Å². The molecule has 0 saturated heterocycles. The van der Waals surface area contributed by atoms with Crippen LogP contribution in [0.4, 0.5) is 4.39 Å². The minimum atomic E-state index is -0.570. The molecule has 0 atom stereocenters. The van der Waals surface area contributed by atoms with E-state index in [-0.39, 0.29) is 11.8 Å². The lowest BCUT2D eigenvalue weighted by molar-refractivity contribution is -0.129. The first-order chi connectivity index (χ1) is 10.3. The summed E-state index contributed by atoms with van der Waals surface area (Å²) in [5, 5.41) is 0. The number of allylic oxidation sites excluding steroid dienone is 3. The number of carbonyl (C=O) groups excluding carboxylic acids is 1. The highest BCUT2D eigenvalue weighted by atomic mass is 19.1. The van der Waals surface area contributed by atoms with Crippen molar-refractivity contribution >= 4 is 5.91 Å². The molecule has 22 heavy (non-hydrogen) atoms. The fraction of sp³-hybridized carbons (Fsp3) is 0.588. The summed E-state index contributed by atoms with van der Waals surface area (Å²) in [7, 11) is 3.45. The average Bonchev–Trinajstić information content (AvgIpc) is 2.43. The third-order valence-corrected chi connectivity index (χ3v) is 2.96. The van der Waals surface area contributed by atoms with Crippen molar-refractivity contribution in [1.82, 2.24) is 4.90 Å². The predicted octanol–water partition coefficient (Wildman–Crippen LogP) is 3.47. The molecule has 0 aromatic heterocycles. The number of nitrogens with zero attached hydrogens (tertiary/aromatic N) is 1. The van der Waals surface area contributed by atoms with Gasteiger partial charge in [-0.3, -0.25) is 4.79 Å². The highest BCUT2D eigenvalue weighted by molar-refractivity contribution is 5.75. The van der Waals surface area contributed by atoms with Crippen molar-refractivity contribution in [2.45, 2.75) is 26.7 Å². The van der Waals surface area contributed by atoms with Crippen LogP contribution in [-0.4, -0.2) is 44.7 Å². The van der Waals surface area contributed by atoms with Gasteiger partial charge in [-0.15, -0.1) is 0 Å². The monoisotopic (exact) mass is 313 g/mol. The second kappa shape index (κ2) is 11.0. The maximum atomic E-state index is 12.9. The molecule has 0 rings (SSSR count).